The summed E-state index contributed by atoms with van der Waals surface area (Å²) in [6.07, 6.45) is 0. The largest absolute Gasteiger partial charge is 0.487 e. The van der Waals surface area contributed by atoms with Crippen molar-refractivity contribution in [1.82, 2.24) is 0 Å². The average Bonchev–Trinajstić information content (AvgIpc) is 2.69. The van der Waals surface area contributed by atoms with Crippen LogP contribution in [0.1, 0.15) is 58.2 Å². The molecule has 0 spiro atoms. The number of para-hydroxylation sites is 1. The highest BCUT2D eigenvalue weighted by Crippen LogP contribution is 2.39. The minimum Gasteiger partial charge on any atom is -0.487 e. The van der Waals surface area contributed by atoms with Crippen LogP contribution in [0.15, 0.2) is 40.9 Å². The highest BCUT2D eigenvalue weighted by molar-refractivity contribution is 9.10. The van der Waals surface area contributed by atoms with E-state index < -0.39 is 16.6 Å². The van der Waals surface area contributed by atoms with Crippen molar-refractivity contribution in [2.24, 2.45) is 0 Å². The second-order valence-electron chi connectivity index (χ2n) is 11.8. The normalized spacial score (nSPS) is 13.3. The maximum Gasteiger partial charge on any atom is 0.192 e. The quantitative estimate of drug-likeness (QED) is 0.292. The van der Waals surface area contributed by atoms with E-state index in [1.165, 1.54) is 11.1 Å². The maximum atomic E-state index is 6.60. The minimum absolute atomic E-state index is 0.168. The molecule has 0 aliphatic carbocycles. The van der Waals surface area contributed by atoms with Crippen molar-refractivity contribution < 1.29 is 13.6 Å². The van der Waals surface area contributed by atoms with Crippen LogP contribution in [0.5, 0.6) is 5.75 Å². The van der Waals surface area contributed by atoms with Crippen LogP contribution in [0.25, 0.3) is 0 Å². The van der Waals surface area contributed by atoms with E-state index in [1.807, 2.05) is 18.2 Å². The predicted octanol–water partition coefficient (Wildman–Crippen LogP) is 8.87. The molecule has 0 bridgehead atoms. The van der Waals surface area contributed by atoms with Crippen LogP contribution in [0.2, 0.25) is 36.3 Å². The lowest BCUT2D eigenvalue weighted by atomic mass is 10.1. The van der Waals surface area contributed by atoms with Crippen LogP contribution in [-0.4, -0.2) is 16.6 Å². The molecule has 1 radical (unpaired) electrons. The Morgan fingerprint density at radius 1 is 0.788 bits per heavy atom. The molecule has 183 valence electrons. The third kappa shape index (κ3) is 7.79. The summed E-state index contributed by atoms with van der Waals surface area (Å²) in [7, 11) is -3.72. The zero-order valence-corrected chi connectivity index (χ0v) is 25.8. The molecule has 2 aromatic rings. The minimum atomic E-state index is -1.87. The van der Waals surface area contributed by atoms with Crippen molar-refractivity contribution in [1.29, 1.82) is 0 Å². The summed E-state index contributed by atoms with van der Waals surface area (Å²) < 4.78 is 20.1. The van der Waals surface area contributed by atoms with E-state index in [9.17, 15) is 0 Å². The van der Waals surface area contributed by atoms with Gasteiger partial charge >= 0.3 is 0 Å². The molecule has 0 heterocycles. The third-order valence-corrected chi connectivity index (χ3v) is 16.8. The van der Waals surface area contributed by atoms with E-state index in [-0.39, 0.29) is 10.1 Å². The Balaban J connectivity index is 2.25. The molecule has 0 aliphatic heterocycles. The van der Waals surface area contributed by atoms with Gasteiger partial charge in [-0.25, -0.2) is 0 Å². The molecule has 3 nitrogen and oxygen atoms in total. The molecule has 6 heteroatoms. The number of halogens is 1. The van der Waals surface area contributed by atoms with Gasteiger partial charge in [-0.1, -0.05) is 65.8 Å². The van der Waals surface area contributed by atoms with Crippen molar-refractivity contribution in [3.63, 3.8) is 0 Å². The third-order valence-electron chi connectivity index (χ3n) is 7.21. The van der Waals surface area contributed by atoms with E-state index in [4.69, 9.17) is 13.6 Å². The molecule has 0 atom stereocenters. The second-order valence-corrected chi connectivity index (χ2v) is 22.3. The highest BCUT2D eigenvalue weighted by Gasteiger charge is 2.38. The summed E-state index contributed by atoms with van der Waals surface area (Å²) in [5.74, 6) is 0.724. The molecule has 0 aromatic heterocycles. The topological polar surface area (TPSA) is 27.7 Å². The predicted molar refractivity (Wildman–Crippen MR) is 148 cm³/mol. The lowest BCUT2D eigenvalue weighted by Crippen LogP contribution is -2.41. The molecular formula is C27H42BrO3Si2. The van der Waals surface area contributed by atoms with Gasteiger partial charge in [0.2, 0.25) is 0 Å². The van der Waals surface area contributed by atoms with E-state index in [0.717, 1.165) is 15.8 Å². The van der Waals surface area contributed by atoms with Crippen LogP contribution in [0, 0.1) is 6.07 Å². The fourth-order valence-corrected chi connectivity index (χ4v) is 4.94. The Morgan fingerprint density at radius 2 is 1.33 bits per heavy atom. The Morgan fingerprint density at radius 3 is 1.85 bits per heavy atom. The summed E-state index contributed by atoms with van der Waals surface area (Å²) in [5, 5.41) is 0.346. The molecule has 0 saturated carbocycles. The lowest BCUT2D eigenvalue weighted by Gasteiger charge is -2.37. The molecule has 0 aliphatic rings. The molecule has 0 N–H and O–H groups in total. The Labute approximate surface area is 212 Å². The molecule has 0 unspecified atom stereocenters. The van der Waals surface area contributed by atoms with Gasteiger partial charge in [0.05, 0.1) is 17.7 Å². The monoisotopic (exact) mass is 549 g/mol. The second kappa shape index (κ2) is 10.8. The van der Waals surface area contributed by atoms with Gasteiger partial charge in [-0.2, -0.15) is 0 Å². The van der Waals surface area contributed by atoms with Crippen LogP contribution in [-0.2, 0) is 28.7 Å². The first-order chi connectivity index (χ1) is 15.0. The summed E-state index contributed by atoms with van der Waals surface area (Å²) >= 11 is 3.53. The zero-order valence-electron chi connectivity index (χ0n) is 22.2. The Bertz CT molecular complexity index is 928. The first-order valence-corrected chi connectivity index (χ1v) is 18.3. The number of ether oxygens (including phenoxy) is 1. The van der Waals surface area contributed by atoms with E-state index in [0.29, 0.717) is 19.8 Å². The van der Waals surface area contributed by atoms with E-state index in [2.05, 4.69) is 108 Å². The smallest absolute Gasteiger partial charge is 0.192 e. The number of hydrogen-bond donors (Lipinski definition) is 0. The van der Waals surface area contributed by atoms with Gasteiger partial charge in [-0.3, -0.25) is 0 Å². The van der Waals surface area contributed by atoms with Gasteiger partial charge in [-0.05, 0) is 81.0 Å². The van der Waals surface area contributed by atoms with Crippen LogP contribution < -0.4 is 4.74 Å². The summed E-state index contributed by atoms with van der Waals surface area (Å²) in [5.41, 5.74) is 3.51. The molecule has 2 aromatic carbocycles. The Kier molecular flexibility index (Phi) is 9.24. The van der Waals surface area contributed by atoms with Crippen molar-refractivity contribution in [3.05, 3.63) is 63.6 Å². The van der Waals surface area contributed by atoms with Crippen molar-refractivity contribution in [2.75, 3.05) is 0 Å². The Hall–Kier alpha value is -0.926. The maximum absolute atomic E-state index is 6.60. The van der Waals surface area contributed by atoms with Gasteiger partial charge in [0.15, 0.2) is 16.6 Å². The average molecular weight is 551 g/mol. The van der Waals surface area contributed by atoms with Gasteiger partial charge in [-0.15, -0.1) is 0 Å². The molecular weight excluding hydrogens is 508 g/mol. The first-order valence-electron chi connectivity index (χ1n) is 11.7. The number of rotatable bonds is 9. The molecule has 0 amide bonds. The van der Waals surface area contributed by atoms with Gasteiger partial charge in [0.1, 0.15) is 12.4 Å². The summed E-state index contributed by atoms with van der Waals surface area (Å²) in [6.45, 7) is 24.6. The van der Waals surface area contributed by atoms with Gasteiger partial charge in [0, 0.05) is 6.07 Å². The SMILES string of the molecule is CC(C)(C)[Si](C)(C)OCc1ccc(COc2[c]cccc2Br)cc1CO[Si](C)(C)C(C)(C)C. The standard InChI is InChI=1S/C27H42BrO3Si2/c1-26(2,3)32(7,8)30-19-22-16-15-21(18-29-25-14-12-11-13-24(25)28)17-23(22)20-31-33(9,10)27(4,5)6/h11-13,15-17H,18-20H2,1-10H3. The lowest BCUT2D eigenvalue weighted by molar-refractivity contribution is 0.256. The van der Waals surface area contributed by atoms with Crippen molar-refractivity contribution >= 4 is 32.6 Å². The fraction of sp³-hybridized carbons (Fsp3) is 0.556. The van der Waals surface area contributed by atoms with Crippen LogP contribution in [0.4, 0.5) is 0 Å². The zero-order chi connectivity index (χ0) is 25.1. The summed E-state index contributed by atoms with van der Waals surface area (Å²) in [4.78, 5) is 0. The van der Waals surface area contributed by atoms with E-state index in [1.54, 1.807) is 0 Å². The molecule has 2 rings (SSSR count). The summed E-state index contributed by atoms with van der Waals surface area (Å²) in [6, 6.07) is 15.4. The first kappa shape index (κ1) is 28.3. The molecule has 33 heavy (non-hydrogen) atoms. The van der Waals surface area contributed by atoms with E-state index >= 15 is 0 Å². The van der Waals surface area contributed by atoms with Crippen LogP contribution in [0.3, 0.4) is 0 Å². The van der Waals surface area contributed by atoms with Crippen LogP contribution >= 0.6 is 15.9 Å². The fourth-order valence-electron chi connectivity index (χ4n) is 2.66. The highest BCUT2D eigenvalue weighted by atomic mass is 79.9. The van der Waals surface area contributed by atoms with Crippen molar-refractivity contribution in [2.45, 2.75) is 97.6 Å². The molecule has 0 fully saturated rings. The molecule has 0 saturated heterocycles. The van der Waals surface area contributed by atoms with Crippen molar-refractivity contribution in [3.8, 4) is 5.75 Å². The van der Waals surface area contributed by atoms with Gasteiger partial charge in [0.25, 0.3) is 0 Å². The number of benzene rings is 2. The number of hydrogen-bond acceptors (Lipinski definition) is 3. The van der Waals surface area contributed by atoms with Gasteiger partial charge < -0.3 is 13.6 Å².